The smallest absolute Gasteiger partial charge is 0.381 e. The van der Waals surface area contributed by atoms with Crippen molar-refractivity contribution in [1.82, 2.24) is 19.5 Å². The Bertz CT molecular complexity index is 1290. The number of carbonyl (C=O) groups excluding carboxylic acids is 1. The van der Waals surface area contributed by atoms with Crippen LogP contribution in [-0.2, 0) is 23.4 Å². The molecule has 2 N–H and O–H groups in total. The number of amides is 1. The van der Waals surface area contributed by atoms with E-state index in [1.165, 1.54) is 6.92 Å². The van der Waals surface area contributed by atoms with Crippen molar-refractivity contribution < 1.29 is 28.5 Å². The van der Waals surface area contributed by atoms with Crippen LogP contribution in [0.3, 0.4) is 0 Å². The third-order valence-electron chi connectivity index (χ3n) is 9.02. The maximum Gasteiger partial charge on any atom is 0.381 e. The van der Waals surface area contributed by atoms with Gasteiger partial charge in [-0.2, -0.15) is 9.97 Å². The number of hydrogen-bond donors (Lipinski definition) is 2. The van der Waals surface area contributed by atoms with Crippen molar-refractivity contribution in [2.45, 2.75) is 128 Å². The van der Waals surface area contributed by atoms with Crippen LogP contribution in [0.4, 0.5) is 11.8 Å². The van der Waals surface area contributed by atoms with Crippen molar-refractivity contribution in [2.75, 3.05) is 29.9 Å². The fraction of sp³-hybridized carbons (Fsp3) is 0.800. The van der Waals surface area contributed by atoms with Gasteiger partial charge in [0.1, 0.15) is 24.9 Å². The van der Waals surface area contributed by atoms with Crippen LogP contribution in [0.2, 0.25) is 22.2 Å². The number of nitrogens with zero attached hydrogens (tertiary/aromatic N) is 5. The summed E-state index contributed by atoms with van der Waals surface area (Å²) >= 11 is 0. The van der Waals surface area contributed by atoms with Crippen molar-refractivity contribution in [1.29, 1.82) is 0 Å². The molecule has 0 saturated carbocycles. The van der Waals surface area contributed by atoms with E-state index in [9.17, 15) is 9.90 Å². The summed E-state index contributed by atoms with van der Waals surface area (Å²) in [6.07, 6.45) is 2.71. The zero-order valence-corrected chi connectivity index (χ0v) is 29.4. The summed E-state index contributed by atoms with van der Waals surface area (Å²) in [4.78, 5) is 33.8. The van der Waals surface area contributed by atoms with Gasteiger partial charge >= 0.3 is 8.56 Å². The Hall–Kier alpha value is -1.95. The minimum absolute atomic E-state index is 0.145. The summed E-state index contributed by atoms with van der Waals surface area (Å²) in [7, 11) is -2.10. The van der Waals surface area contributed by atoms with Gasteiger partial charge in [0.15, 0.2) is 23.2 Å². The highest BCUT2D eigenvalue weighted by Crippen LogP contribution is 2.47. The SMILES string of the molecule is CC(=O)Nc1nc(N2CCC2)c2ncn(C3OC4COO[Si](C(C)CCC(C)[Si]C(C)C)(C(C)CC(C)C)OC4C3O)c2n1. The van der Waals surface area contributed by atoms with E-state index in [4.69, 9.17) is 18.6 Å². The fourth-order valence-electron chi connectivity index (χ4n) is 6.81. The Morgan fingerprint density at radius 3 is 2.52 bits per heavy atom. The average Bonchev–Trinajstić information content (AvgIpc) is 3.37. The monoisotopic (exact) mass is 646 g/mol. The van der Waals surface area contributed by atoms with E-state index in [-0.39, 0.29) is 29.5 Å². The molecular weight excluding hydrogens is 597 g/mol. The normalized spacial score (nSPS) is 29.4. The molecule has 5 rings (SSSR count). The molecule has 0 bridgehead atoms. The Kier molecular flexibility index (Phi) is 10.5. The molecule has 0 spiro atoms. The summed E-state index contributed by atoms with van der Waals surface area (Å²) in [5.41, 5.74) is 2.69. The molecule has 1 amide bonds. The number of hydrogen-bond acceptors (Lipinski definition) is 10. The van der Waals surface area contributed by atoms with Gasteiger partial charge in [0.2, 0.25) is 11.9 Å². The topological polar surface area (TPSA) is 133 Å². The summed E-state index contributed by atoms with van der Waals surface area (Å²) in [5, 5.41) is 14.6. The Morgan fingerprint density at radius 1 is 1.14 bits per heavy atom. The number of ether oxygens (including phenoxy) is 1. The van der Waals surface area contributed by atoms with Crippen LogP contribution >= 0.6 is 0 Å². The van der Waals surface area contributed by atoms with E-state index in [1.807, 2.05) is 0 Å². The molecule has 44 heavy (non-hydrogen) atoms. The number of nitrogens with one attached hydrogen (secondary N) is 1. The highest BCUT2D eigenvalue weighted by molar-refractivity contribution is 6.70. The second-order valence-corrected chi connectivity index (χ2v) is 20.0. The molecule has 2 aromatic heterocycles. The van der Waals surface area contributed by atoms with E-state index in [0.717, 1.165) is 48.3 Å². The summed E-state index contributed by atoms with van der Waals surface area (Å²) in [6, 6.07) is 0. The zero-order chi connectivity index (χ0) is 31.8. The highest BCUT2D eigenvalue weighted by atomic mass is 28.4. The number of anilines is 2. The van der Waals surface area contributed by atoms with Crippen LogP contribution in [-0.4, -0.2) is 86.6 Å². The predicted molar refractivity (Wildman–Crippen MR) is 172 cm³/mol. The van der Waals surface area contributed by atoms with Gasteiger partial charge in [-0.15, -0.1) is 0 Å². The third kappa shape index (κ3) is 6.91. The van der Waals surface area contributed by atoms with Crippen LogP contribution in [0, 0.1) is 5.92 Å². The molecule has 5 heterocycles. The van der Waals surface area contributed by atoms with Crippen molar-refractivity contribution in [3.63, 3.8) is 0 Å². The van der Waals surface area contributed by atoms with Gasteiger partial charge in [-0.05, 0) is 25.2 Å². The maximum atomic E-state index is 11.9. The van der Waals surface area contributed by atoms with Gasteiger partial charge in [-0.3, -0.25) is 19.3 Å². The Balaban J connectivity index is 1.44. The maximum absolute atomic E-state index is 11.9. The molecule has 3 aliphatic rings. The van der Waals surface area contributed by atoms with Gasteiger partial charge in [0.05, 0.1) is 6.33 Å². The van der Waals surface area contributed by atoms with Crippen molar-refractivity contribution in [3.8, 4) is 0 Å². The average molecular weight is 647 g/mol. The number of aliphatic hydroxyl groups excluding tert-OH is 1. The van der Waals surface area contributed by atoms with Crippen LogP contribution in [0.1, 0.15) is 87.3 Å². The van der Waals surface area contributed by atoms with Crippen molar-refractivity contribution in [2.24, 2.45) is 5.92 Å². The van der Waals surface area contributed by atoms with Crippen molar-refractivity contribution in [3.05, 3.63) is 6.33 Å². The molecular formula is C30H50N6O6Si2. The van der Waals surface area contributed by atoms with E-state index in [0.29, 0.717) is 34.0 Å². The first-order chi connectivity index (χ1) is 20.9. The van der Waals surface area contributed by atoms with E-state index < -0.39 is 33.1 Å². The quantitative estimate of drug-likeness (QED) is 0.240. The van der Waals surface area contributed by atoms with Crippen LogP contribution < -0.4 is 10.2 Å². The lowest BCUT2D eigenvalue weighted by Gasteiger charge is -2.40. The molecule has 2 aromatic rings. The molecule has 8 atom stereocenters. The Morgan fingerprint density at radius 2 is 1.89 bits per heavy atom. The minimum atomic E-state index is -3.02. The van der Waals surface area contributed by atoms with Gasteiger partial charge in [0, 0.05) is 40.6 Å². The second-order valence-electron chi connectivity index (χ2n) is 13.7. The second kappa shape index (κ2) is 13.8. The molecule has 3 saturated heterocycles. The largest absolute Gasteiger partial charge is 0.386 e. The van der Waals surface area contributed by atoms with E-state index in [2.05, 4.69) is 73.6 Å². The Labute approximate surface area is 264 Å². The molecule has 3 fully saturated rings. The number of rotatable bonds is 12. The van der Waals surface area contributed by atoms with Crippen LogP contribution in [0.15, 0.2) is 6.33 Å². The number of imidazole rings is 1. The fourth-order valence-corrected chi connectivity index (χ4v) is 12.4. The molecule has 14 heteroatoms. The number of aliphatic hydroxyl groups is 1. The number of aromatic nitrogens is 4. The first-order valence-electron chi connectivity index (χ1n) is 16.2. The van der Waals surface area contributed by atoms with Crippen molar-refractivity contribution >= 4 is 46.9 Å². The highest BCUT2D eigenvalue weighted by Gasteiger charge is 2.59. The minimum Gasteiger partial charge on any atom is -0.386 e. The summed E-state index contributed by atoms with van der Waals surface area (Å²) in [5.74, 6) is 1.05. The molecule has 8 unspecified atom stereocenters. The van der Waals surface area contributed by atoms with E-state index in [1.54, 1.807) is 10.9 Å². The molecule has 3 aliphatic heterocycles. The summed E-state index contributed by atoms with van der Waals surface area (Å²) < 4.78 is 21.6. The van der Waals surface area contributed by atoms with Crippen LogP contribution in [0.25, 0.3) is 11.2 Å². The molecule has 244 valence electrons. The number of fused-ring (bicyclic) bond motifs is 2. The van der Waals surface area contributed by atoms with E-state index >= 15 is 0 Å². The number of carbonyl (C=O) groups is 1. The molecule has 12 nitrogen and oxygen atoms in total. The van der Waals surface area contributed by atoms with Gasteiger partial charge < -0.3 is 19.2 Å². The van der Waals surface area contributed by atoms with Gasteiger partial charge in [-0.1, -0.05) is 66.0 Å². The standard InChI is InChI=1S/C30H50N6O6Si2/c1-17(2)14-21(7)44(20(6)11-10-19(5)43-18(3)4)41-26-23(15-39-42-44)40-29(25(26)38)36-16-31-24-27(35-12-9-13-35)33-30(32-22(8)37)34-28(24)36/h16-21,23,25-26,29,38H,9-15H2,1-8H3,(H,32,33,34,37). The molecule has 0 aliphatic carbocycles. The molecule has 0 aromatic carbocycles. The lowest BCUT2D eigenvalue weighted by molar-refractivity contribution is -0.242. The lowest BCUT2D eigenvalue weighted by Crippen LogP contribution is -2.53. The third-order valence-corrected chi connectivity index (χ3v) is 14.8. The summed E-state index contributed by atoms with van der Waals surface area (Å²) in [6.45, 7) is 19.1. The zero-order valence-electron chi connectivity index (χ0n) is 27.4. The lowest BCUT2D eigenvalue weighted by atomic mass is 10.1. The van der Waals surface area contributed by atoms with Gasteiger partial charge in [-0.25, -0.2) is 9.87 Å². The van der Waals surface area contributed by atoms with Crippen LogP contribution in [0.5, 0.6) is 0 Å². The first kappa shape index (κ1) is 33.4. The first-order valence-corrected chi connectivity index (χ1v) is 19.4. The molecule has 2 radical (unpaired) electrons. The van der Waals surface area contributed by atoms with Gasteiger partial charge in [0.25, 0.3) is 0 Å². The predicted octanol–water partition coefficient (Wildman–Crippen LogP) is 4.99.